The molecule has 0 fully saturated rings. The topological polar surface area (TPSA) is 116 Å². The predicted octanol–water partition coefficient (Wildman–Crippen LogP) is -0.0234. The van der Waals surface area contributed by atoms with Crippen LogP contribution in [0, 0.1) is 5.41 Å². The Kier molecular flexibility index (Phi) is 8.28. The highest BCUT2D eigenvalue weighted by Gasteiger charge is 2.25. The molecule has 1 atom stereocenters. The average molecular weight is 329 g/mol. The van der Waals surface area contributed by atoms with E-state index in [1.165, 1.54) is 13.8 Å². The van der Waals surface area contributed by atoms with Gasteiger partial charge < -0.3 is 20.6 Å². The lowest BCUT2D eigenvalue weighted by Crippen LogP contribution is -2.50. The standard InChI is InChI=1S/C15H27N3O5/c1-10(14(22)23)18(7-6-16-11(2)19)13(21)9-17-12(20)8-15(3,4)5/h10H,6-9H2,1-5H3,(H,16,19)(H,17,20)(H,22,23). The van der Waals surface area contributed by atoms with Gasteiger partial charge in [-0.15, -0.1) is 0 Å². The van der Waals surface area contributed by atoms with Crippen molar-refractivity contribution in [3.05, 3.63) is 0 Å². The smallest absolute Gasteiger partial charge is 0.326 e. The molecular weight excluding hydrogens is 302 g/mol. The number of carboxylic acid groups (broad SMARTS) is 1. The van der Waals surface area contributed by atoms with Crippen LogP contribution >= 0.6 is 0 Å². The quantitative estimate of drug-likeness (QED) is 0.578. The van der Waals surface area contributed by atoms with Crippen molar-refractivity contribution < 1.29 is 24.3 Å². The number of aliphatic carboxylic acids is 1. The van der Waals surface area contributed by atoms with Crippen molar-refractivity contribution in [3.63, 3.8) is 0 Å². The maximum Gasteiger partial charge on any atom is 0.326 e. The minimum Gasteiger partial charge on any atom is -0.480 e. The summed E-state index contributed by atoms with van der Waals surface area (Å²) in [6.45, 7) is 8.36. The maximum atomic E-state index is 12.2. The number of hydrogen-bond donors (Lipinski definition) is 3. The molecule has 0 spiro atoms. The van der Waals surface area contributed by atoms with E-state index in [1.54, 1.807) is 0 Å². The molecule has 0 rings (SSSR count). The van der Waals surface area contributed by atoms with E-state index in [0.29, 0.717) is 0 Å². The minimum atomic E-state index is -1.15. The summed E-state index contributed by atoms with van der Waals surface area (Å²) in [6.07, 6.45) is 0.265. The fraction of sp³-hybridized carbons (Fsp3) is 0.733. The molecule has 8 nitrogen and oxygen atoms in total. The number of carbonyl (C=O) groups excluding carboxylic acids is 3. The second kappa shape index (κ2) is 9.12. The van der Waals surface area contributed by atoms with Crippen LogP contribution in [0.5, 0.6) is 0 Å². The second-order valence-corrected chi connectivity index (χ2v) is 6.60. The third-order valence-electron chi connectivity index (χ3n) is 3.00. The Morgan fingerprint density at radius 1 is 1.13 bits per heavy atom. The van der Waals surface area contributed by atoms with E-state index in [-0.39, 0.29) is 43.3 Å². The van der Waals surface area contributed by atoms with Crippen LogP contribution in [0.4, 0.5) is 0 Å². The predicted molar refractivity (Wildman–Crippen MR) is 84.6 cm³/mol. The highest BCUT2D eigenvalue weighted by atomic mass is 16.4. The van der Waals surface area contributed by atoms with Gasteiger partial charge >= 0.3 is 5.97 Å². The Morgan fingerprint density at radius 3 is 2.13 bits per heavy atom. The Hall–Kier alpha value is -2.12. The first-order valence-corrected chi connectivity index (χ1v) is 7.47. The van der Waals surface area contributed by atoms with Crippen LogP contribution in [0.25, 0.3) is 0 Å². The summed E-state index contributed by atoms with van der Waals surface area (Å²) in [5.41, 5.74) is -0.202. The van der Waals surface area contributed by atoms with Gasteiger partial charge in [0, 0.05) is 26.4 Å². The van der Waals surface area contributed by atoms with Gasteiger partial charge in [0.2, 0.25) is 17.7 Å². The molecule has 0 saturated heterocycles. The van der Waals surface area contributed by atoms with Crippen molar-refractivity contribution in [3.8, 4) is 0 Å². The van der Waals surface area contributed by atoms with Gasteiger partial charge in [0.25, 0.3) is 0 Å². The van der Waals surface area contributed by atoms with Crippen LogP contribution in [0.1, 0.15) is 41.0 Å². The van der Waals surface area contributed by atoms with Gasteiger partial charge in [-0.2, -0.15) is 0 Å². The fourth-order valence-corrected chi connectivity index (χ4v) is 1.84. The molecule has 0 radical (unpaired) electrons. The zero-order valence-electron chi connectivity index (χ0n) is 14.4. The number of amides is 3. The Labute approximate surface area is 136 Å². The monoisotopic (exact) mass is 329 g/mol. The van der Waals surface area contributed by atoms with Gasteiger partial charge in [0.1, 0.15) is 6.04 Å². The van der Waals surface area contributed by atoms with Crippen LogP contribution < -0.4 is 10.6 Å². The summed E-state index contributed by atoms with van der Waals surface area (Å²) in [7, 11) is 0. The maximum absolute atomic E-state index is 12.2. The molecule has 0 aliphatic heterocycles. The lowest BCUT2D eigenvalue weighted by molar-refractivity contribution is -0.149. The van der Waals surface area contributed by atoms with Gasteiger partial charge in [-0.25, -0.2) is 4.79 Å². The number of carbonyl (C=O) groups is 4. The van der Waals surface area contributed by atoms with E-state index in [4.69, 9.17) is 5.11 Å². The molecule has 1 unspecified atom stereocenters. The summed E-state index contributed by atoms with van der Waals surface area (Å²) in [6, 6.07) is -1.05. The Morgan fingerprint density at radius 2 is 1.70 bits per heavy atom. The molecule has 0 aromatic rings. The number of hydrogen-bond acceptors (Lipinski definition) is 4. The summed E-state index contributed by atoms with van der Waals surface area (Å²) < 4.78 is 0. The van der Waals surface area contributed by atoms with Crippen molar-refractivity contribution in [2.24, 2.45) is 5.41 Å². The summed E-state index contributed by atoms with van der Waals surface area (Å²) in [5.74, 6) is -2.19. The van der Waals surface area contributed by atoms with Gasteiger partial charge in [0.15, 0.2) is 0 Å². The van der Waals surface area contributed by atoms with Crippen LogP contribution in [-0.2, 0) is 19.2 Å². The molecule has 0 saturated carbocycles. The molecule has 0 aromatic heterocycles. The third-order valence-corrected chi connectivity index (χ3v) is 3.00. The van der Waals surface area contributed by atoms with Crippen molar-refractivity contribution in [1.82, 2.24) is 15.5 Å². The van der Waals surface area contributed by atoms with E-state index in [1.807, 2.05) is 20.8 Å². The molecule has 3 N–H and O–H groups in total. The van der Waals surface area contributed by atoms with Gasteiger partial charge in [-0.1, -0.05) is 20.8 Å². The van der Waals surface area contributed by atoms with Crippen LogP contribution in [-0.4, -0.2) is 59.4 Å². The molecule has 3 amide bonds. The van der Waals surface area contributed by atoms with E-state index in [0.717, 1.165) is 4.90 Å². The van der Waals surface area contributed by atoms with Gasteiger partial charge in [-0.05, 0) is 12.3 Å². The Bertz CT molecular complexity index is 457. The summed E-state index contributed by atoms with van der Waals surface area (Å²) >= 11 is 0. The molecular formula is C15H27N3O5. The first-order valence-electron chi connectivity index (χ1n) is 7.47. The van der Waals surface area contributed by atoms with E-state index in [9.17, 15) is 19.2 Å². The summed E-state index contributed by atoms with van der Waals surface area (Å²) in [4.78, 5) is 47.0. The molecule has 23 heavy (non-hydrogen) atoms. The summed E-state index contributed by atoms with van der Waals surface area (Å²) in [5, 5.41) is 14.1. The zero-order chi connectivity index (χ0) is 18.2. The van der Waals surface area contributed by atoms with E-state index in [2.05, 4.69) is 10.6 Å². The molecule has 132 valence electrons. The molecule has 0 bridgehead atoms. The number of rotatable bonds is 8. The highest BCUT2D eigenvalue weighted by molar-refractivity contribution is 5.88. The number of nitrogens with zero attached hydrogens (tertiary/aromatic N) is 1. The van der Waals surface area contributed by atoms with Crippen molar-refractivity contribution in [2.75, 3.05) is 19.6 Å². The van der Waals surface area contributed by atoms with Crippen LogP contribution in [0.2, 0.25) is 0 Å². The zero-order valence-corrected chi connectivity index (χ0v) is 14.4. The van der Waals surface area contributed by atoms with Crippen molar-refractivity contribution in [1.29, 1.82) is 0 Å². The molecule has 0 heterocycles. The molecule has 0 aromatic carbocycles. The van der Waals surface area contributed by atoms with Gasteiger partial charge in [0.05, 0.1) is 6.54 Å². The average Bonchev–Trinajstić information content (AvgIpc) is 2.38. The second-order valence-electron chi connectivity index (χ2n) is 6.60. The van der Waals surface area contributed by atoms with Gasteiger partial charge in [-0.3, -0.25) is 14.4 Å². The first kappa shape index (κ1) is 20.9. The first-order chi connectivity index (χ1) is 10.4. The third kappa shape index (κ3) is 9.49. The highest BCUT2D eigenvalue weighted by Crippen LogP contribution is 2.17. The Balaban J connectivity index is 4.64. The minimum absolute atomic E-state index is 0.0566. The number of nitrogens with one attached hydrogen (secondary N) is 2. The molecule has 8 heteroatoms. The lowest BCUT2D eigenvalue weighted by Gasteiger charge is -2.27. The largest absolute Gasteiger partial charge is 0.480 e. The lowest BCUT2D eigenvalue weighted by atomic mass is 9.92. The van der Waals surface area contributed by atoms with E-state index < -0.39 is 17.9 Å². The van der Waals surface area contributed by atoms with Crippen molar-refractivity contribution in [2.45, 2.75) is 47.1 Å². The molecule has 0 aliphatic rings. The van der Waals surface area contributed by atoms with Crippen molar-refractivity contribution >= 4 is 23.7 Å². The SMILES string of the molecule is CC(=O)NCCN(C(=O)CNC(=O)CC(C)(C)C)C(C)C(=O)O. The fourth-order valence-electron chi connectivity index (χ4n) is 1.84. The number of carboxylic acids is 1. The normalized spacial score (nSPS) is 12.2. The van der Waals surface area contributed by atoms with E-state index >= 15 is 0 Å². The van der Waals surface area contributed by atoms with Crippen LogP contribution in [0.15, 0.2) is 0 Å². The van der Waals surface area contributed by atoms with Crippen LogP contribution in [0.3, 0.4) is 0 Å². The molecule has 0 aliphatic carbocycles.